The van der Waals surface area contributed by atoms with Gasteiger partial charge in [0.2, 0.25) is 0 Å². The molecule has 2 rings (SSSR count). The van der Waals surface area contributed by atoms with Gasteiger partial charge in [0.05, 0.1) is 12.2 Å². The summed E-state index contributed by atoms with van der Waals surface area (Å²) in [6.07, 6.45) is -1.51. The maximum absolute atomic E-state index is 14.0. The number of rotatable bonds is 6. The summed E-state index contributed by atoms with van der Waals surface area (Å²) in [5, 5.41) is 0. The summed E-state index contributed by atoms with van der Waals surface area (Å²) in [5.41, 5.74) is -1.49. The summed E-state index contributed by atoms with van der Waals surface area (Å²) in [6, 6.07) is 2.07. The summed E-state index contributed by atoms with van der Waals surface area (Å²) in [7, 11) is 0. The Morgan fingerprint density at radius 1 is 1.08 bits per heavy atom. The first kappa shape index (κ1) is 20.8. The second-order valence-corrected chi connectivity index (χ2v) is 6.75. The van der Waals surface area contributed by atoms with Crippen molar-refractivity contribution in [2.24, 2.45) is 11.8 Å². The average molecular weight is 380 g/mol. The fraction of sp³-hybridized carbons (Fsp3) is 0.579. The quantitative estimate of drug-likeness (QED) is 0.393. The molecule has 0 aliphatic heterocycles. The normalized spacial score (nSPS) is 22.1. The topological polar surface area (TPSA) is 9.23 Å². The summed E-state index contributed by atoms with van der Waals surface area (Å²) in [4.78, 5) is 0. The monoisotopic (exact) mass is 380 g/mol. The molecule has 1 aliphatic rings. The molecule has 1 aromatic carbocycles. The first-order valence-electron chi connectivity index (χ1n) is 8.61. The molecule has 0 N–H and O–H groups in total. The number of hydrogen-bond acceptors (Lipinski definition) is 1. The lowest BCUT2D eigenvalue weighted by atomic mass is 9.80. The van der Waals surface area contributed by atoms with Gasteiger partial charge in [-0.15, -0.1) is 0 Å². The van der Waals surface area contributed by atoms with Crippen molar-refractivity contribution in [1.29, 1.82) is 0 Å². The molecular weight excluding hydrogens is 358 g/mol. The molecule has 0 aromatic heterocycles. The second kappa shape index (κ2) is 8.46. The van der Waals surface area contributed by atoms with Crippen LogP contribution in [0.15, 0.2) is 30.4 Å². The Bertz CT molecular complexity index is 615. The van der Waals surface area contributed by atoms with Gasteiger partial charge in [-0.1, -0.05) is 18.2 Å². The van der Waals surface area contributed by atoms with Crippen molar-refractivity contribution in [3.8, 4) is 0 Å². The fourth-order valence-corrected chi connectivity index (χ4v) is 3.32. The molecule has 0 bridgehead atoms. The van der Waals surface area contributed by atoms with Crippen LogP contribution in [-0.2, 0) is 17.5 Å². The molecule has 7 heteroatoms. The second-order valence-electron chi connectivity index (χ2n) is 6.75. The smallest absolute Gasteiger partial charge is 0.316 e. The van der Waals surface area contributed by atoms with Crippen molar-refractivity contribution in [1.82, 2.24) is 0 Å². The molecule has 26 heavy (non-hydrogen) atoms. The predicted molar refractivity (Wildman–Crippen MR) is 86.0 cm³/mol. The van der Waals surface area contributed by atoms with Crippen LogP contribution in [0.2, 0.25) is 0 Å². The molecule has 1 aliphatic carbocycles. The van der Waals surface area contributed by atoms with E-state index in [1.54, 1.807) is 0 Å². The first-order chi connectivity index (χ1) is 12.1. The molecule has 0 amide bonds. The van der Waals surface area contributed by atoms with Crippen molar-refractivity contribution in [3.63, 3.8) is 0 Å². The minimum Gasteiger partial charge on any atom is -0.316 e. The third-order valence-corrected chi connectivity index (χ3v) is 4.67. The van der Waals surface area contributed by atoms with E-state index >= 15 is 0 Å². The lowest BCUT2D eigenvalue weighted by Crippen LogP contribution is -2.27. The predicted octanol–water partition coefficient (Wildman–Crippen LogP) is 6.73. The summed E-state index contributed by atoms with van der Waals surface area (Å²) in [6.45, 7) is 1.29. The van der Waals surface area contributed by atoms with Crippen LogP contribution >= 0.6 is 0 Å². The Kier molecular flexibility index (Phi) is 6.77. The van der Waals surface area contributed by atoms with Gasteiger partial charge in [0, 0.05) is 6.42 Å². The van der Waals surface area contributed by atoms with Crippen LogP contribution in [0.25, 0.3) is 0 Å². The lowest BCUT2D eigenvalue weighted by Gasteiger charge is -2.29. The number of ether oxygens (including phenoxy) is 1. The fourth-order valence-electron chi connectivity index (χ4n) is 3.32. The van der Waals surface area contributed by atoms with Crippen molar-refractivity contribution in [3.05, 3.63) is 47.3 Å². The minimum atomic E-state index is -4.82. The first-order valence-corrected chi connectivity index (χ1v) is 8.61. The highest BCUT2D eigenvalue weighted by Gasteiger charge is 2.36. The van der Waals surface area contributed by atoms with Crippen LogP contribution in [0, 0.1) is 17.7 Å². The molecular formula is C19H22F6O. The van der Waals surface area contributed by atoms with Gasteiger partial charge >= 0.3 is 12.3 Å². The number of allylic oxidation sites excluding steroid dienone is 2. The lowest BCUT2D eigenvalue weighted by molar-refractivity contribution is -0.256. The van der Waals surface area contributed by atoms with E-state index < -0.39 is 36.7 Å². The van der Waals surface area contributed by atoms with E-state index in [0.29, 0.717) is 30.9 Å². The molecule has 0 spiro atoms. The van der Waals surface area contributed by atoms with Crippen LogP contribution < -0.4 is 0 Å². The van der Waals surface area contributed by atoms with Gasteiger partial charge in [-0.25, -0.2) is 4.39 Å². The summed E-state index contributed by atoms with van der Waals surface area (Å²) in [5.74, 6) is -1.22. The largest absolute Gasteiger partial charge is 0.419 e. The number of hydrogen-bond donors (Lipinski definition) is 0. The van der Waals surface area contributed by atoms with E-state index in [0.717, 1.165) is 18.9 Å². The van der Waals surface area contributed by atoms with Gasteiger partial charge in [-0.3, -0.25) is 0 Å². The molecule has 0 atom stereocenters. The van der Waals surface area contributed by atoms with Gasteiger partial charge in [-0.05, 0) is 62.1 Å². The van der Waals surface area contributed by atoms with Gasteiger partial charge < -0.3 is 4.74 Å². The number of halogens is 6. The molecule has 0 unspecified atom stereocenters. The Morgan fingerprint density at radius 3 is 2.27 bits per heavy atom. The highest BCUT2D eigenvalue weighted by Crippen LogP contribution is 2.37. The standard InChI is InChI=1S/C19H22F6O/c1-2-3-13-4-6-14(7-5-13)11-18(21,22)26-12-15-8-9-16(17(20)10-15)19(23,24)25/h2-3,8-10,13-14H,4-7,11-12H2,1H3/b3-2+/t13-,14-. The Labute approximate surface area is 149 Å². The van der Waals surface area contributed by atoms with E-state index in [1.807, 2.05) is 13.0 Å². The van der Waals surface area contributed by atoms with E-state index in [2.05, 4.69) is 10.8 Å². The Hall–Kier alpha value is -1.50. The van der Waals surface area contributed by atoms with Crippen LogP contribution in [0.4, 0.5) is 26.3 Å². The van der Waals surface area contributed by atoms with E-state index in [9.17, 15) is 26.3 Å². The molecule has 146 valence electrons. The SMILES string of the molecule is C/C=C/[C@H]1CC[C@H](CC(F)(F)OCc2ccc(C(F)(F)F)c(F)c2)CC1. The third kappa shape index (κ3) is 6.04. The van der Waals surface area contributed by atoms with Crippen molar-refractivity contribution >= 4 is 0 Å². The van der Waals surface area contributed by atoms with Gasteiger partial charge in [-0.2, -0.15) is 22.0 Å². The minimum absolute atomic E-state index is 0.0630. The molecule has 0 saturated heterocycles. The summed E-state index contributed by atoms with van der Waals surface area (Å²) >= 11 is 0. The average Bonchev–Trinajstić information content (AvgIpc) is 2.54. The summed E-state index contributed by atoms with van der Waals surface area (Å²) < 4.78 is 83.5. The maximum Gasteiger partial charge on any atom is 0.419 e. The maximum atomic E-state index is 14.0. The van der Waals surface area contributed by atoms with Gasteiger partial charge in [0.25, 0.3) is 0 Å². The van der Waals surface area contributed by atoms with Crippen LogP contribution in [-0.4, -0.2) is 6.11 Å². The zero-order valence-corrected chi connectivity index (χ0v) is 14.5. The van der Waals surface area contributed by atoms with E-state index in [1.165, 1.54) is 0 Å². The molecule has 1 aromatic rings. The van der Waals surface area contributed by atoms with Crippen molar-refractivity contribution in [2.45, 2.75) is 57.9 Å². The molecule has 0 heterocycles. The van der Waals surface area contributed by atoms with Gasteiger partial charge in [0.15, 0.2) is 0 Å². The third-order valence-electron chi connectivity index (χ3n) is 4.67. The molecule has 1 nitrogen and oxygen atoms in total. The number of benzene rings is 1. The van der Waals surface area contributed by atoms with E-state index in [4.69, 9.17) is 0 Å². The van der Waals surface area contributed by atoms with Crippen LogP contribution in [0.3, 0.4) is 0 Å². The Morgan fingerprint density at radius 2 is 1.73 bits per heavy atom. The Balaban J connectivity index is 1.87. The van der Waals surface area contributed by atoms with Crippen molar-refractivity contribution < 1.29 is 31.1 Å². The highest BCUT2D eigenvalue weighted by molar-refractivity contribution is 5.26. The molecule has 0 radical (unpaired) electrons. The van der Waals surface area contributed by atoms with Crippen LogP contribution in [0.5, 0.6) is 0 Å². The number of alkyl halides is 5. The van der Waals surface area contributed by atoms with Crippen LogP contribution in [0.1, 0.15) is 50.2 Å². The zero-order chi connectivity index (χ0) is 19.4. The van der Waals surface area contributed by atoms with E-state index in [-0.39, 0.29) is 11.5 Å². The van der Waals surface area contributed by atoms with Crippen molar-refractivity contribution in [2.75, 3.05) is 0 Å². The molecule has 1 fully saturated rings. The molecule has 1 saturated carbocycles. The highest BCUT2D eigenvalue weighted by atomic mass is 19.4. The zero-order valence-electron chi connectivity index (χ0n) is 14.5. The van der Waals surface area contributed by atoms with Gasteiger partial charge in [0.1, 0.15) is 5.82 Å².